The lowest BCUT2D eigenvalue weighted by molar-refractivity contribution is -0.138. The molecule has 0 aromatic carbocycles. The molecule has 0 aromatic rings. The maximum Gasteiger partial charge on any atom is 0.304 e. The van der Waals surface area contributed by atoms with Gasteiger partial charge in [0.2, 0.25) is 0 Å². The van der Waals surface area contributed by atoms with E-state index in [1.807, 2.05) is 14.1 Å². The van der Waals surface area contributed by atoms with Crippen LogP contribution in [0.3, 0.4) is 0 Å². The molecule has 100 valence electrons. The third-order valence-corrected chi connectivity index (χ3v) is 3.18. The summed E-state index contributed by atoms with van der Waals surface area (Å²) in [5, 5.41) is 12.3. The van der Waals surface area contributed by atoms with Crippen LogP contribution in [-0.4, -0.2) is 73.7 Å². The van der Waals surface area contributed by atoms with Crippen molar-refractivity contribution in [3.63, 3.8) is 0 Å². The molecule has 1 saturated heterocycles. The molecule has 0 aromatic heterocycles. The third kappa shape index (κ3) is 5.48. The number of rotatable bonds is 5. The highest BCUT2D eigenvalue weighted by atomic mass is 16.4. The Bertz CT molecular complexity index is 246. The number of carboxylic acids is 1. The molecule has 2 unspecified atom stereocenters. The van der Waals surface area contributed by atoms with Crippen LogP contribution in [0.1, 0.15) is 13.3 Å². The van der Waals surface area contributed by atoms with E-state index >= 15 is 0 Å². The minimum absolute atomic E-state index is 0.123. The van der Waals surface area contributed by atoms with Gasteiger partial charge in [-0.1, -0.05) is 6.92 Å². The predicted octanol–water partition coefficient (Wildman–Crippen LogP) is -0.0674. The maximum atomic E-state index is 10.9. The molecule has 0 saturated carbocycles. The van der Waals surface area contributed by atoms with E-state index in [1.165, 1.54) is 0 Å². The van der Waals surface area contributed by atoms with E-state index in [4.69, 9.17) is 5.11 Å². The lowest BCUT2D eigenvalue weighted by Gasteiger charge is -2.30. The van der Waals surface area contributed by atoms with Crippen LogP contribution in [0.5, 0.6) is 0 Å². The molecule has 17 heavy (non-hydrogen) atoms. The van der Waals surface area contributed by atoms with Gasteiger partial charge in [-0.05, 0) is 26.6 Å². The number of hydrogen-bond acceptors (Lipinski definition) is 4. The van der Waals surface area contributed by atoms with Gasteiger partial charge in [-0.3, -0.25) is 9.69 Å². The summed E-state index contributed by atoms with van der Waals surface area (Å²) in [7, 11) is 4.09. The van der Waals surface area contributed by atoms with E-state index < -0.39 is 5.97 Å². The van der Waals surface area contributed by atoms with E-state index in [9.17, 15) is 4.79 Å². The van der Waals surface area contributed by atoms with Crippen molar-refractivity contribution in [3.8, 4) is 0 Å². The molecule has 0 amide bonds. The van der Waals surface area contributed by atoms with Crippen LogP contribution < -0.4 is 5.32 Å². The van der Waals surface area contributed by atoms with Gasteiger partial charge < -0.3 is 15.3 Å². The lowest BCUT2D eigenvalue weighted by Crippen LogP contribution is -2.44. The SMILES string of the molecule is CC1CNCC(CC(=O)O)N(CCN(C)C)C1. The average Bonchev–Trinajstić information content (AvgIpc) is 2.37. The monoisotopic (exact) mass is 243 g/mol. The van der Waals surface area contributed by atoms with E-state index in [0.29, 0.717) is 5.92 Å². The summed E-state index contributed by atoms with van der Waals surface area (Å²) < 4.78 is 0. The van der Waals surface area contributed by atoms with Crippen molar-refractivity contribution in [2.45, 2.75) is 19.4 Å². The van der Waals surface area contributed by atoms with Crippen LogP contribution in [0.25, 0.3) is 0 Å². The molecule has 1 heterocycles. The molecule has 5 nitrogen and oxygen atoms in total. The van der Waals surface area contributed by atoms with Gasteiger partial charge in [0.1, 0.15) is 0 Å². The van der Waals surface area contributed by atoms with Crippen LogP contribution in [0.4, 0.5) is 0 Å². The Morgan fingerprint density at radius 2 is 2.18 bits per heavy atom. The number of carboxylic acid groups (broad SMARTS) is 1. The highest BCUT2D eigenvalue weighted by Gasteiger charge is 2.25. The van der Waals surface area contributed by atoms with Crippen molar-refractivity contribution in [3.05, 3.63) is 0 Å². The summed E-state index contributed by atoms with van der Waals surface area (Å²) in [6.07, 6.45) is 0.229. The highest BCUT2D eigenvalue weighted by Crippen LogP contribution is 2.11. The van der Waals surface area contributed by atoms with E-state index in [2.05, 4.69) is 22.0 Å². The molecular weight excluding hydrogens is 218 g/mol. The summed E-state index contributed by atoms with van der Waals surface area (Å²) in [5.41, 5.74) is 0. The first kappa shape index (κ1) is 14.4. The Kier molecular flexibility index (Phi) is 5.88. The van der Waals surface area contributed by atoms with Gasteiger partial charge in [0.25, 0.3) is 0 Å². The molecule has 0 radical (unpaired) electrons. The van der Waals surface area contributed by atoms with Crippen LogP contribution in [0, 0.1) is 5.92 Å². The van der Waals surface area contributed by atoms with Crippen LogP contribution in [0.15, 0.2) is 0 Å². The molecule has 2 N–H and O–H groups in total. The van der Waals surface area contributed by atoms with Crippen molar-refractivity contribution >= 4 is 5.97 Å². The zero-order valence-corrected chi connectivity index (χ0v) is 11.1. The van der Waals surface area contributed by atoms with Crippen LogP contribution >= 0.6 is 0 Å². The van der Waals surface area contributed by atoms with Crippen LogP contribution in [0.2, 0.25) is 0 Å². The Morgan fingerprint density at radius 1 is 1.47 bits per heavy atom. The molecule has 5 heteroatoms. The molecule has 0 bridgehead atoms. The van der Waals surface area contributed by atoms with Crippen LogP contribution in [-0.2, 0) is 4.79 Å². The van der Waals surface area contributed by atoms with Gasteiger partial charge in [0, 0.05) is 32.2 Å². The second kappa shape index (κ2) is 6.93. The summed E-state index contributed by atoms with van der Waals surface area (Å²) in [6, 6.07) is 0.123. The van der Waals surface area contributed by atoms with Crippen molar-refractivity contribution in [2.75, 3.05) is 46.8 Å². The van der Waals surface area contributed by atoms with E-state index in [-0.39, 0.29) is 12.5 Å². The molecule has 1 fully saturated rings. The quantitative estimate of drug-likeness (QED) is 0.708. The first-order valence-electron chi connectivity index (χ1n) is 6.30. The summed E-state index contributed by atoms with van der Waals surface area (Å²) in [4.78, 5) is 15.3. The molecular formula is C12H25N3O2. The minimum Gasteiger partial charge on any atom is -0.481 e. The fourth-order valence-corrected chi connectivity index (χ4v) is 2.24. The van der Waals surface area contributed by atoms with Gasteiger partial charge in [0.05, 0.1) is 6.42 Å². The first-order valence-corrected chi connectivity index (χ1v) is 6.30. The smallest absolute Gasteiger partial charge is 0.304 e. The molecule has 0 aliphatic carbocycles. The normalized spacial score (nSPS) is 27.1. The van der Waals surface area contributed by atoms with Crippen molar-refractivity contribution in [1.29, 1.82) is 0 Å². The number of likely N-dealkylation sites (N-methyl/N-ethyl adjacent to an activating group) is 1. The van der Waals surface area contributed by atoms with Gasteiger partial charge in [-0.2, -0.15) is 0 Å². The predicted molar refractivity (Wildman–Crippen MR) is 68.2 cm³/mol. The molecule has 0 spiro atoms. The first-order chi connectivity index (χ1) is 7.99. The average molecular weight is 243 g/mol. The summed E-state index contributed by atoms with van der Waals surface area (Å²) >= 11 is 0. The maximum absolute atomic E-state index is 10.9. The minimum atomic E-state index is -0.707. The standard InChI is InChI=1S/C12H25N3O2/c1-10-7-13-8-11(6-12(16)17)15(9-10)5-4-14(2)3/h10-11,13H,4-9H2,1-3H3,(H,16,17). The fraction of sp³-hybridized carbons (Fsp3) is 0.917. The Morgan fingerprint density at radius 3 is 2.76 bits per heavy atom. The second-order valence-corrected chi connectivity index (χ2v) is 5.31. The number of carbonyl (C=O) groups is 1. The molecule has 2 atom stereocenters. The summed E-state index contributed by atoms with van der Waals surface area (Å²) in [5.74, 6) is -0.128. The topological polar surface area (TPSA) is 55.8 Å². The zero-order valence-electron chi connectivity index (χ0n) is 11.1. The number of nitrogens with one attached hydrogen (secondary N) is 1. The van der Waals surface area contributed by atoms with Crippen molar-refractivity contribution < 1.29 is 9.90 Å². The second-order valence-electron chi connectivity index (χ2n) is 5.31. The fourth-order valence-electron chi connectivity index (χ4n) is 2.24. The van der Waals surface area contributed by atoms with Gasteiger partial charge in [0.15, 0.2) is 0 Å². The van der Waals surface area contributed by atoms with Crippen molar-refractivity contribution in [1.82, 2.24) is 15.1 Å². The molecule has 1 aliphatic heterocycles. The van der Waals surface area contributed by atoms with Gasteiger partial charge >= 0.3 is 5.97 Å². The number of nitrogens with zero attached hydrogens (tertiary/aromatic N) is 2. The zero-order chi connectivity index (χ0) is 12.8. The number of aliphatic carboxylic acids is 1. The molecule has 1 aliphatic rings. The van der Waals surface area contributed by atoms with E-state index in [0.717, 1.165) is 32.7 Å². The Labute approximate surface area is 104 Å². The Balaban J connectivity index is 2.57. The van der Waals surface area contributed by atoms with E-state index in [1.54, 1.807) is 0 Å². The number of hydrogen-bond donors (Lipinski definition) is 2. The van der Waals surface area contributed by atoms with Crippen molar-refractivity contribution in [2.24, 2.45) is 5.92 Å². The third-order valence-electron chi connectivity index (χ3n) is 3.18. The lowest BCUT2D eigenvalue weighted by atomic mass is 10.1. The summed E-state index contributed by atoms with van der Waals surface area (Å²) in [6.45, 7) is 6.87. The molecule has 1 rings (SSSR count). The largest absolute Gasteiger partial charge is 0.481 e. The highest BCUT2D eigenvalue weighted by molar-refractivity contribution is 5.67. The van der Waals surface area contributed by atoms with Gasteiger partial charge in [-0.15, -0.1) is 0 Å². The van der Waals surface area contributed by atoms with Gasteiger partial charge in [-0.25, -0.2) is 0 Å². The Hall–Kier alpha value is -0.650.